The van der Waals surface area contributed by atoms with E-state index >= 15 is 0 Å². The zero-order valence-electron chi connectivity index (χ0n) is 7.61. The van der Waals surface area contributed by atoms with Crippen molar-refractivity contribution in [3.63, 3.8) is 0 Å². The number of terminal acetylenes is 1. The van der Waals surface area contributed by atoms with Crippen LogP contribution in [0.5, 0.6) is 0 Å². The van der Waals surface area contributed by atoms with Gasteiger partial charge in [0.25, 0.3) is 0 Å². The predicted octanol–water partition coefficient (Wildman–Crippen LogP) is 2.13. The van der Waals surface area contributed by atoms with E-state index in [4.69, 9.17) is 16.3 Å². The molecule has 0 aliphatic heterocycles. The molecule has 0 bridgehead atoms. The van der Waals surface area contributed by atoms with Crippen molar-refractivity contribution in [2.75, 3.05) is 13.2 Å². The second kappa shape index (κ2) is 5.82. The highest BCUT2D eigenvalue weighted by Gasteiger charge is 2.07. The maximum absolute atomic E-state index is 8.60. The van der Waals surface area contributed by atoms with Gasteiger partial charge in [0, 0.05) is 4.47 Å². The first-order valence-corrected chi connectivity index (χ1v) is 5.01. The molecule has 1 rings (SSSR count). The zero-order valence-corrected chi connectivity index (χ0v) is 9.20. The molecule has 0 saturated heterocycles. The predicted molar refractivity (Wildman–Crippen MR) is 58.8 cm³/mol. The number of hydrogen-bond donors (Lipinski definition) is 1. The maximum atomic E-state index is 8.60. The maximum Gasteiger partial charge on any atom is 0.143 e. The topological polar surface area (TPSA) is 29.5 Å². The van der Waals surface area contributed by atoms with Crippen molar-refractivity contribution in [1.82, 2.24) is 0 Å². The van der Waals surface area contributed by atoms with Crippen LogP contribution in [0.4, 0.5) is 0 Å². The fourth-order valence-corrected chi connectivity index (χ4v) is 1.31. The number of aliphatic hydroxyl groups excluding tert-OH is 1. The van der Waals surface area contributed by atoms with Gasteiger partial charge in [-0.2, -0.15) is 0 Å². The summed E-state index contributed by atoms with van der Waals surface area (Å²) in [4.78, 5) is 0. The number of benzene rings is 1. The Morgan fingerprint density at radius 3 is 2.57 bits per heavy atom. The minimum absolute atomic E-state index is 0.0191. The average Bonchev–Trinajstić information content (AvgIpc) is 2.21. The Kier molecular flexibility index (Phi) is 4.68. The number of halogens is 1. The van der Waals surface area contributed by atoms with Gasteiger partial charge in [-0.1, -0.05) is 34.0 Å². The standard InChI is InChI=1S/C11H11BrO2/c1-2-11(14-8-7-13)9-3-5-10(12)6-4-9/h1,3-6,11,13H,7-8H2. The van der Waals surface area contributed by atoms with Crippen LogP contribution in [0.3, 0.4) is 0 Å². The fraction of sp³-hybridized carbons (Fsp3) is 0.273. The first-order chi connectivity index (χ1) is 6.77. The van der Waals surface area contributed by atoms with Crippen LogP contribution in [-0.2, 0) is 4.74 Å². The van der Waals surface area contributed by atoms with Crippen LogP contribution in [0.2, 0.25) is 0 Å². The van der Waals surface area contributed by atoms with Crippen LogP contribution in [0.25, 0.3) is 0 Å². The Morgan fingerprint density at radius 2 is 2.07 bits per heavy atom. The summed E-state index contributed by atoms with van der Waals surface area (Å²) in [6.45, 7) is 0.236. The Labute approximate surface area is 92.0 Å². The Morgan fingerprint density at radius 1 is 1.43 bits per heavy atom. The molecule has 0 spiro atoms. The molecule has 0 heterocycles. The minimum Gasteiger partial charge on any atom is -0.394 e. The number of hydrogen-bond acceptors (Lipinski definition) is 2. The number of aliphatic hydroxyl groups is 1. The molecule has 0 saturated carbocycles. The minimum atomic E-state index is -0.379. The molecule has 14 heavy (non-hydrogen) atoms. The van der Waals surface area contributed by atoms with Gasteiger partial charge in [0.1, 0.15) is 6.10 Å². The van der Waals surface area contributed by atoms with Crippen LogP contribution in [0.15, 0.2) is 28.7 Å². The lowest BCUT2D eigenvalue weighted by atomic mass is 10.1. The van der Waals surface area contributed by atoms with Crippen molar-refractivity contribution in [2.24, 2.45) is 0 Å². The van der Waals surface area contributed by atoms with Crippen molar-refractivity contribution >= 4 is 15.9 Å². The van der Waals surface area contributed by atoms with Gasteiger partial charge in [-0.05, 0) is 17.7 Å². The first-order valence-electron chi connectivity index (χ1n) is 4.22. The SMILES string of the molecule is C#CC(OCCO)c1ccc(Br)cc1. The van der Waals surface area contributed by atoms with Gasteiger partial charge in [0.05, 0.1) is 13.2 Å². The Hall–Kier alpha value is -0.820. The third-order valence-corrected chi connectivity index (χ3v) is 2.23. The Bertz CT molecular complexity index is 313. The van der Waals surface area contributed by atoms with Gasteiger partial charge in [0.2, 0.25) is 0 Å². The quantitative estimate of drug-likeness (QED) is 0.835. The summed E-state index contributed by atoms with van der Waals surface area (Å²) < 4.78 is 6.26. The molecule has 1 aromatic carbocycles. The summed E-state index contributed by atoms with van der Waals surface area (Å²) in [5.74, 6) is 2.52. The molecule has 1 aromatic rings. The number of rotatable bonds is 4. The molecule has 1 unspecified atom stereocenters. The van der Waals surface area contributed by atoms with E-state index in [1.165, 1.54) is 0 Å². The molecule has 0 aliphatic rings. The van der Waals surface area contributed by atoms with Crippen molar-refractivity contribution in [3.05, 3.63) is 34.3 Å². The second-order valence-electron chi connectivity index (χ2n) is 2.69. The molecule has 2 nitrogen and oxygen atoms in total. The van der Waals surface area contributed by atoms with Gasteiger partial charge in [-0.3, -0.25) is 0 Å². The highest BCUT2D eigenvalue weighted by Crippen LogP contribution is 2.19. The van der Waals surface area contributed by atoms with Crippen molar-refractivity contribution in [2.45, 2.75) is 6.10 Å². The fourth-order valence-electron chi connectivity index (χ4n) is 1.05. The second-order valence-corrected chi connectivity index (χ2v) is 3.61. The van der Waals surface area contributed by atoms with Gasteiger partial charge in [0.15, 0.2) is 0 Å². The summed E-state index contributed by atoms with van der Waals surface area (Å²) in [7, 11) is 0. The summed E-state index contributed by atoms with van der Waals surface area (Å²) in [6.07, 6.45) is 4.94. The van der Waals surface area contributed by atoms with E-state index in [-0.39, 0.29) is 19.3 Å². The molecule has 74 valence electrons. The van der Waals surface area contributed by atoms with E-state index in [1.54, 1.807) is 0 Å². The first kappa shape index (κ1) is 11.3. The van der Waals surface area contributed by atoms with Crippen LogP contribution in [0.1, 0.15) is 11.7 Å². The van der Waals surface area contributed by atoms with E-state index in [1.807, 2.05) is 24.3 Å². The summed E-state index contributed by atoms with van der Waals surface area (Å²) in [6, 6.07) is 7.60. The number of ether oxygens (including phenoxy) is 1. The largest absolute Gasteiger partial charge is 0.394 e. The van der Waals surface area contributed by atoms with Gasteiger partial charge >= 0.3 is 0 Å². The zero-order chi connectivity index (χ0) is 10.4. The Balaban J connectivity index is 2.70. The molecule has 3 heteroatoms. The van der Waals surface area contributed by atoms with Crippen molar-refractivity contribution < 1.29 is 9.84 Å². The summed E-state index contributed by atoms with van der Waals surface area (Å²) in [5.41, 5.74) is 0.921. The van der Waals surface area contributed by atoms with Gasteiger partial charge in [-0.25, -0.2) is 0 Å². The smallest absolute Gasteiger partial charge is 0.143 e. The van der Waals surface area contributed by atoms with E-state index in [2.05, 4.69) is 21.9 Å². The third kappa shape index (κ3) is 3.15. The molecule has 0 aliphatic carbocycles. The van der Waals surface area contributed by atoms with Crippen LogP contribution in [0, 0.1) is 12.3 Å². The third-order valence-electron chi connectivity index (χ3n) is 1.70. The van der Waals surface area contributed by atoms with Crippen LogP contribution < -0.4 is 0 Å². The lowest BCUT2D eigenvalue weighted by Crippen LogP contribution is -2.05. The van der Waals surface area contributed by atoms with Crippen LogP contribution in [-0.4, -0.2) is 18.3 Å². The molecule has 0 fully saturated rings. The van der Waals surface area contributed by atoms with E-state index in [9.17, 15) is 0 Å². The lowest BCUT2D eigenvalue weighted by Gasteiger charge is -2.11. The van der Waals surface area contributed by atoms with Crippen molar-refractivity contribution in [3.8, 4) is 12.3 Å². The molecule has 0 aromatic heterocycles. The molecule has 1 N–H and O–H groups in total. The monoisotopic (exact) mass is 254 g/mol. The molecular formula is C11H11BrO2. The summed E-state index contributed by atoms with van der Waals surface area (Å²) in [5, 5.41) is 8.60. The van der Waals surface area contributed by atoms with Gasteiger partial charge in [-0.15, -0.1) is 6.42 Å². The van der Waals surface area contributed by atoms with Gasteiger partial charge < -0.3 is 9.84 Å². The molecular weight excluding hydrogens is 244 g/mol. The average molecular weight is 255 g/mol. The van der Waals surface area contributed by atoms with E-state index in [0.717, 1.165) is 10.0 Å². The normalized spacial score (nSPS) is 12.1. The van der Waals surface area contributed by atoms with E-state index < -0.39 is 0 Å². The van der Waals surface area contributed by atoms with Crippen molar-refractivity contribution in [1.29, 1.82) is 0 Å². The van der Waals surface area contributed by atoms with Crippen LogP contribution >= 0.6 is 15.9 Å². The molecule has 1 atom stereocenters. The molecule has 0 radical (unpaired) electrons. The lowest BCUT2D eigenvalue weighted by molar-refractivity contribution is 0.0593. The summed E-state index contributed by atoms with van der Waals surface area (Å²) >= 11 is 3.34. The highest BCUT2D eigenvalue weighted by atomic mass is 79.9. The van der Waals surface area contributed by atoms with E-state index in [0.29, 0.717) is 0 Å². The highest BCUT2D eigenvalue weighted by molar-refractivity contribution is 9.10. The molecule has 0 amide bonds.